The molecule has 0 aliphatic rings. The molecule has 0 amide bonds. The number of hydrogen-bond donors (Lipinski definition) is 0. The molecule has 0 radical (unpaired) electrons. The van der Waals surface area contributed by atoms with Gasteiger partial charge in [0.05, 0.1) is 4.90 Å². The third-order valence-electron chi connectivity index (χ3n) is 2.67. The molecule has 2 nitrogen and oxygen atoms in total. The van der Waals surface area contributed by atoms with Gasteiger partial charge in [0, 0.05) is 6.26 Å². The lowest BCUT2D eigenvalue weighted by molar-refractivity contribution is 0.599. The molecule has 0 atom stereocenters. The molecule has 0 spiro atoms. The van der Waals surface area contributed by atoms with Gasteiger partial charge in [-0.3, -0.25) is 0 Å². The summed E-state index contributed by atoms with van der Waals surface area (Å²) in [4.78, 5) is 0.492. The van der Waals surface area contributed by atoms with Crippen LogP contribution in [-0.2, 0) is 16.3 Å². The Hall–Kier alpha value is -0.830. The maximum absolute atomic E-state index is 11.5. The molecule has 0 N–H and O–H groups in total. The van der Waals surface area contributed by atoms with Crippen LogP contribution in [0.5, 0.6) is 0 Å². The van der Waals surface area contributed by atoms with Crippen LogP contribution >= 0.6 is 0 Å². The Bertz CT molecular complexity index is 421. The second kappa shape index (κ2) is 6.04. The molecule has 0 heterocycles. The van der Waals surface area contributed by atoms with Gasteiger partial charge in [0.2, 0.25) is 0 Å². The third kappa shape index (κ3) is 3.97. The summed E-state index contributed by atoms with van der Waals surface area (Å²) in [7, 11) is -3.08. The van der Waals surface area contributed by atoms with E-state index >= 15 is 0 Å². The fourth-order valence-corrected chi connectivity index (χ4v) is 2.79. The quantitative estimate of drug-likeness (QED) is 0.715. The minimum Gasteiger partial charge on any atom is -0.224 e. The second-order valence-electron chi connectivity index (χ2n) is 4.19. The normalized spacial score (nSPS) is 11.6. The molecule has 90 valence electrons. The highest BCUT2D eigenvalue weighted by Crippen LogP contribution is 2.17. The van der Waals surface area contributed by atoms with E-state index in [0.29, 0.717) is 4.90 Å². The van der Waals surface area contributed by atoms with Crippen molar-refractivity contribution in [1.29, 1.82) is 0 Å². The Morgan fingerprint density at radius 1 is 1.06 bits per heavy atom. The van der Waals surface area contributed by atoms with Crippen LogP contribution in [0.1, 0.15) is 38.2 Å². The van der Waals surface area contributed by atoms with Crippen molar-refractivity contribution in [3.63, 3.8) is 0 Å². The van der Waals surface area contributed by atoms with Gasteiger partial charge in [-0.2, -0.15) is 0 Å². The lowest BCUT2D eigenvalue weighted by atomic mass is 10.1. The van der Waals surface area contributed by atoms with Crippen LogP contribution in [0.15, 0.2) is 29.2 Å². The lowest BCUT2D eigenvalue weighted by Crippen LogP contribution is -2.02. The van der Waals surface area contributed by atoms with Crippen molar-refractivity contribution in [2.45, 2.75) is 43.9 Å². The smallest absolute Gasteiger partial charge is 0.175 e. The van der Waals surface area contributed by atoms with Gasteiger partial charge in [-0.15, -0.1) is 0 Å². The van der Waals surface area contributed by atoms with Crippen molar-refractivity contribution in [2.24, 2.45) is 0 Å². The number of aryl methyl sites for hydroxylation is 1. The SMILES string of the molecule is CCCCCCc1ccccc1S(C)(=O)=O. The van der Waals surface area contributed by atoms with E-state index in [-0.39, 0.29) is 0 Å². The Morgan fingerprint density at radius 2 is 1.75 bits per heavy atom. The molecule has 0 aliphatic carbocycles. The average Bonchev–Trinajstić information content (AvgIpc) is 2.24. The lowest BCUT2D eigenvalue weighted by Gasteiger charge is -2.07. The molecule has 0 saturated heterocycles. The molecule has 3 heteroatoms. The first kappa shape index (κ1) is 13.2. The van der Waals surface area contributed by atoms with Gasteiger partial charge in [-0.05, 0) is 24.5 Å². The summed E-state index contributed by atoms with van der Waals surface area (Å²) >= 11 is 0. The number of rotatable bonds is 6. The van der Waals surface area contributed by atoms with E-state index in [1.54, 1.807) is 12.1 Å². The van der Waals surface area contributed by atoms with Gasteiger partial charge in [-0.1, -0.05) is 44.4 Å². The molecule has 0 bridgehead atoms. The number of unbranched alkanes of at least 4 members (excludes halogenated alkanes) is 3. The Labute approximate surface area is 98.6 Å². The van der Waals surface area contributed by atoms with E-state index in [1.807, 2.05) is 12.1 Å². The molecule has 16 heavy (non-hydrogen) atoms. The maximum Gasteiger partial charge on any atom is 0.175 e. The minimum atomic E-state index is -3.08. The van der Waals surface area contributed by atoms with E-state index in [2.05, 4.69) is 6.92 Å². The molecule has 0 aliphatic heterocycles. The highest BCUT2D eigenvalue weighted by Gasteiger charge is 2.11. The first-order valence-electron chi connectivity index (χ1n) is 5.83. The zero-order valence-corrected chi connectivity index (χ0v) is 10.9. The first-order chi connectivity index (χ1) is 7.55. The molecule has 0 unspecified atom stereocenters. The van der Waals surface area contributed by atoms with Crippen molar-refractivity contribution in [1.82, 2.24) is 0 Å². The predicted molar refractivity (Wildman–Crippen MR) is 67.4 cm³/mol. The van der Waals surface area contributed by atoms with Gasteiger partial charge in [-0.25, -0.2) is 8.42 Å². The van der Waals surface area contributed by atoms with Crippen LogP contribution in [0, 0.1) is 0 Å². The summed E-state index contributed by atoms with van der Waals surface area (Å²) in [6.45, 7) is 2.17. The third-order valence-corrected chi connectivity index (χ3v) is 3.87. The van der Waals surface area contributed by atoms with Gasteiger partial charge in [0.25, 0.3) is 0 Å². The van der Waals surface area contributed by atoms with E-state index < -0.39 is 9.84 Å². The summed E-state index contributed by atoms with van der Waals surface area (Å²) < 4.78 is 23.1. The molecule has 0 fully saturated rings. The van der Waals surface area contributed by atoms with Gasteiger partial charge in [0.1, 0.15) is 0 Å². The Balaban J connectivity index is 2.73. The van der Waals surface area contributed by atoms with Crippen LogP contribution in [0.25, 0.3) is 0 Å². The van der Waals surface area contributed by atoms with E-state index in [9.17, 15) is 8.42 Å². The van der Waals surface area contributed by atoms with Gasteiger partial charge < -0.3 is 0 Å². The van der Waals surface area contributed by atoms with Crippen LogP contribution in [0.3, 0.4) is 0 Å². The number of hydrogen-bond acceptors (Lipinski definition) is 2. The molecule has 1 aromatic rings. The monoisotopic (exact) mass is 240 g/mol. The van der Waals surface area contributed by atoms with E-state index in [1.165, 1.54) is 25.5 Å². The maximum atomic E-state index is 11.5. The number of sulfone groups is 1. The summed E-state index contributed by atoms with van der Waals surface area (Å²) in [5.41, 5.74) is 0.959. The zero-order valence-electron chi connectivity index (χ0n) is 10.1. The van der Waals surface area contributed by atoms with Gasteiger partial charge in [0.15, 0.2) is 9.84 Å². The predicted octanol–water partition coefficient (Wildman–Crippen LogP) is 3.21. The Morgan fingerprint density at radius 3 is 2.38 bits per heavy atom. The molecular weight excluding hydrogens is 220 g/mol. The fraction of sp³-hybridized carbons (Fsp3) is 0.538. The van der Waals surface area contributed by atoms with E-state index in [4.69, 9.17) is 0 Å². The largest absolute Gasteiger partial charge is 0.224 e. The minimum absolute atomic E-state index is 0.492. The van der Waals surface area contributed by atoms with Crippen molar-refractivity contribution in [2.75, 3.05) is 6.26 Å². The second-order valence-corrected chi connectivity index (χ2v) is 6.17. The molecule has 0 aromatic heterocycles. The first-order valence-corrected chi connectivity index (χ1v) is 7.73. The average molecular weight is 240 g/mol. The highest BCUT2D eigenvalue weighted by molar-refractivity contribution is 7.90. The van der Waals surface area contributed by atoms with Crippen molar-refractivity contribution >= 4 is 9.84 Å². The van der Waals surface area contributed by atoms with Crippen molar-refractivity contribution in [3.05, 3.63) is 29.8 Å². The van der Waals surface area contributed by atoms with Gasteiger partial charge >= 0.3 is 0 Å². The summed E-state index contributed by atoms with van der Waals surface area (Å²) in [6, 6.07) is 7.31. The highest BCUT2D eigenvalue weighted by atomic mass is 32.2. The zero-order chi connectivity index (χ0) is 12.0. The summed E-state index contributed by atoms with van der Waals surface area (Å²) in [5.74, 6) is 0. The van der Waals surface area contributed by atoms with Crippen LogP contribution in [0.4, 0.5) is 0 Å². The van der Waals surface area contributed by atoms with E-state index in [0.717, 1.165) is 18.4 Å². The van der Waals surface area contributed by atoms with Crippen LogP contribution in [-0.4, -0.2) is 14.7 Å². The summed E-state index contributed by atoms with van der Waals surface area (Å²) in [5, 5.41) is 0. The summed E-state index contributed by atoms with van der Waals surface area (Å²) in [6.07, 6.45) is 6.81. The molecule has 1 rings (SSSR count). The molecule has 0 saturated carbocycles. The number of benzene rings is 1. The topological polar surface area (TPSA) is 34.1 Å². The van der Waals surface area contributed by atoms with Crippen LogP contribution in [0.2, 0.25) is 0 Å². The standard InChI is InChI=1S/C13H20O2S/c1-3-4-5-6-9-12-10-7-8-11-13(12)16(2,14)15/h7-8,10-11H,3-6,9H2,1-2H3. The molecule has 1 aromatic carbocycles. The van der Waals surface area contributed by atoms with Crippen molar-refractivity contribution < 1.29 is 8.42 Å². The van der Waals surface area contributed by atoms with Crippen molar-refractivity contribution in [3.8, 4) is 0 Å². The Kier molecular flexibility index (Phi) is 5.00. The fourth-order valence-electron chi connectivity index (χ4n) is 1.81. The van der Waals surface area contributed by atoms with Crippen LogP contribution < -0.4 is 0 Å². The molecular formula is C13H20O2S.